The molecule has 7 heteroatoms. The molecule has 3 aromatic carbocycles. The Morgan fingerprint density at radius 2 is 1.74 bits per heavy atom. The van der Waals surface area contributed by atoms with Crippen molar-refractivity contribution in [2.45, 2.75) is 39.2 Å². The number of aromatic hydroxyl groups is 1. The van der Waals surface area contributed by atoms with Crippen LogP contribution in [0.5, 0.6) is 5.75 Å². The summed E-state index contributed by atoms with van der Waals surface area (Å²) in [7, 11) is 0. The minimum absolute atomic E-state index is 0.0812. The molecule has 0 spiro atoms. The average Bonchev–Trinajstić information content (AvgIpc) is 2.83. The van der Waals surface area contributed by atoms with Gasteiger partial charge in [-0.25, -0.2) is 4.79 Å². The summed E-state index contributed by atoms with van der Waals surface area (Å²) >= 11 is 6.35. The highest BCUT2D eigenvalue weighted by molar-refractivity contribution is 6.32. The van der Waals surface area contributed by atoms with Gasteiger partial charge in [0.1, 0.15) is 11.8 Å². The van der Waals surface area contributed by atoms with E-state index in [0.717, 1.165) is 29.7 Å². The van der Waals surface area contributed by atoms with E-state index < -0.39 is 17.9 Å². The molecule has 3 rings (SSSR count). The van der Waals surface area contributed by atoms with E-state index in [1.54, 1.807) is 30.3 Å². The highest BCUT2D eigenvalue weighted by atomic mass is 35.5. The van der Waals surface area contributed by atoms with Crippen LogP contribution in [0.2, 0.25) is 5.02 Å². The number of carboxylic acids is 1. The molecular formula is C28H29ClN2O4. The van der Waals surface area contributed by atoms with Gasteiger partial charge in [0.25, 0.3) is 5.91 Å². The van der Waals surface area contributed by atoms with Crippen molar-refractivity contribution in [3.63, 3.8) is 0 Å². The zero-order valence-electron chi connectivity index (χ0n) is 19.7. The van der Waals surface area contributed by atoms with E-state index >= 15 is 0 Å². The zero-order chi connectivity index (χ0) is 25.4. The second-order valence-electron chi connectivity index (χ2n) is 8.25. The molecule has 0 radical (unpaired) electrons. The molecule has 0 heterocycles. The van der Waals surface area contributed by atoms with Crippen molar-refractivity contribution in [1.29, 1.82) is 0 Å². The van der Waals surface area contributed by atoms with Crippen molar-refractivity contribution in [3.05, 3.63) is 100 Å². The van der Waals surface area contributed by atoms with Crippen LogP contribution in [-0.2, 0) is 11.2 Å². The minimum Gasteiger partial charge on any atom is -0.507 e. The summed E-state index contributed by atoms with van der Waals surface area (Å²) < 4.78 is 0. The third-order valence-electron chi connectivity index (χ3n) is 5.56. The molecule has 1 atom stereocenters. The lowest BCUT2D eigenvalue weighted by atomic mass is 10.0. The summed E-state index contributed by atoms with van der Waals surface area (Å²) in [4.78, 5) is 24.4. The third kappa shape index (κ3) is 6.87. The number of hydrogen-bond donors (Lipinski definition) is 4. The Bertz CT molecular complexity index is 1200. The van der Waals surface area contributed by atoms with E-state index in [4.69, 9.17) is 11.6 Å². The summed E-state index contributed by atoms with van der Waals surface area (Å²) in [6.07, 6.45) is 3.85. The Kier molecular flexibility index (Phi) is 8.92. The van der Waals surface area contributed by atoms with E-state index in [-0.39, 0.29) is 12.2 Å². The Morgan fingerprint density at radius 3 is 2.37 bits per heavy atom. The molecule has 3 aromatic rings. The molecular weight excluding hydrogens is 464 g/mol. The molecule has 0 fully saturated rings. The van der Waals surface area contributed by atoms with Crippen molar-refractivity contribution in [2.75, 3.05) is 5.32 Å². The Morgan fingerprint density at radius 1 is 1.03 bits per heavy atom. The van der Waals surface area contributed by atoms with Gasteiger partial charge in [-0.2, -0.15) is 0 Å². The van der Waals surface area contributed by atoms with Crippen molar-refractivity contribution in [2.24, 2.45) is 0 Å². The van der Waals surface area contributed by atoms with Gasteiger partial charge in [-0.05, 0) is 54.8 Å². The van der Waals surface area contributed by atoms with E-state index in [0.29, 0.717) is 21.8 Å². The quantitative estimate of drug-likeness (QED) is 0.277. The molecule has 0 aromatic heterocycles. The van der Waals surface area contributed by atoms with Gasteiger partial charge in [0, 0.05) is 23.4 Å². The van der Waals surface area contributed by atoms with Crippen molar-refractivity contribution in [1.82, 2.24) is 5.32 Å². The summed E-state index contributed by atoms with van der Waals surface area (Å²) in [5.74, 6) is -1.44. The maximum atomic E-state index is 12.6. The molecule has 0 aliphatic heterocycles. The van der Waals surface area contributed by atoms with Crippen LogP contribution in [-0.4, -0.2) is 28.1 Å². The second kappa shape index (κ2) is 12.1. The van der Waals surface area contributed by atoms with Crippen LogP contribution in [0.3, 0.4) is 0 Å². The van der Waals surface area contributed by atoms with Gasteiger partial charge in [0.05, 0.1) is 10.6 Å². The summed E-state index contributed by atoms with van der Waals surface area (Å²) in [6.45, 7) is 3.87. The number of phenolic OH excluding ortho intramolecular Hbond substituents is 1. The fraction of sp³-hybridized carbons (Fsp3) is 0.214. The molecule has 0 aliphatic rings. The van der Waals surface area contributed by atoms with E-state index in [2.05, 4.69) is 17.6 Å². The van der Waals surface area contributed by atoms with Crippen molar-refractivity contribution >= 4 is 34.9 Å². The Labute approximate surface area is 210 Å². The van der Waals surface area contributed by atoms with Gasteiger partial charge < -0.3 is 20.8 Å². The minimum atomic E-state index is -1.10. The fourth-order valence-corrected chi connectivity index (χ4v) is 3.93. The van der Waals surface area contributed by atoms with Gasteiger partial charge in [-0.1, -0.05) is 67.4 Å². The first-order chi connectivity index (χ1) is 16.8. The molecule has 1 amide bonds. The van der Waals surface area contributed by atoms with E-state index in [1.165, 1.54) is 0 Å². The summed E-state index contributed by atoms with van der Waals surface area (Å²) in [5.41, 5.74) is 3.96. The predicted octanol–water partition coefficient (Wildman–Crippen LogP) is 6.03. The average molecular weight is 493 g/mol. The number of hydrogen-bond acceptors (Lipinski definition) is 4. The number of nitrogens with one attached hydrogen (secondary N) is 2. The number of unbranched alkanes of at least 4 members (excludes halogenated alkanes) is 1. The van der Waals surface area contributed by atoms with Crippen LogP contribution in [0.15, 0.2) is 72.8 Å². The lowest BCUT2D eigenvalue weighted by molar-refractivity contribution is -0.139. The van der Waals surface area contributed by atoms with Gasteiger partial charge in [0.15, 0.2) is 0 Å². The Hall–Kier alpha value is -3.77. The summed E-state index contributed by atoms with van der Waals surface area (Å²) in [6, 6.07) is 18.2. The van der Waals surface area contributed by atoms with E-state index in [1.807, 2.05) is 49.4 Å². The molecule has 1 unspecified atom stereocenters. The van der Waals surface area contributed by atoms with Crippen molar-refractivity contribution in [3.8, 4) is 5.75 Å². The number of phenols is 1. The number of amides is 1. The summed E-state index contributed by atoms with van der Waals surface area (Å²) in [5, 5.41) is 26.4. The number of aryl methyl sites for hydroxylation is 1. The predicted molar refractivity (Wildman–Crippen MR) is 140 cm³/mol. The lowest BCUT2D eigenvalue weighted by Crippen LogP contribution is -2.42. The first-order valence-electron chi connectivity index (χ1n) is 11.4. The molecule has 0 saturated heterocycles. The first-order valence-corrected chi connectivity index (χ1v) is 11.8. The number of rotatable bonds is 10. The maximum absolute atomic E-state index is 12.6. The van der Waals surface area contributed by atoms with Crippen LogP contribution in [0, 0.1) is 6.92 Å². The van der Waals surface area contributed by atoms with Crippen molar-refractivity contribution < 1.29 is 19.8 Å². The molecule has 182 valence electrons. The largest absolute Gasteiger partial charge is 0.507 e. The molecule has 0 bridgehead atoms. The maximum Gasteiger partial charge on any atom is 0.326 e. The Balaban J connectivity index is 1.74. The fourth-order valence-electron chi connectivity index (χ4n) is 3.66. The monoisotopic (exact) mass is 492 g/mol. The molecule has 0 saturated carbocycles. The van der Waals surface area contributed by atoms with Crippen LogP contribution < -0.4 is 10.6 Å². The highest BCUT2D eigenvalue weighted by Gasteiger charge is 2.22. The normalized spacial score (nSPS) is 12.1. The SMILES string of the molecule is CCCC=C(Nc1ccc(CC(NC(=O)c2ccccc2C)C(=O)O)cc1)c1c(O)cccc1Cl. The molecule has 4 N–H and O–H groups in total. The standard InChI is InChI=1S/C28H29ClN2O4/c1-3-4-11-23(26-22(29)10-7-12-25(26)32)30-20-15-13-19(14-16-20)17-24(28(34)35)31-27(33)21-9-6-5-8-18(21)2/h5-16,24,30,32H,3-4,17H2,1-2H3,(H,31,33)(H,34,35). The number of carboxylic acid groups (broad SMARTS) is 1. The number of carbonyl (C=O) groups excluding carboxylic acids is 1. The molecule has 6 nitrogen and oxygen atoms in total. The van der Waals surface area contributed by atoms with Gasteiger partial charge in [-0.15, -0.1) is 0 Å². The lowest BCUT2D eigenvalue weighted by Gasteiger charge is -2.17. The number of carbonyl (C=O) groups is 2. The number of halogens is 1. The number of allylic oxidation sites excluding steroid dienone is 1. The highest BCUT2D eigenvalue weighted by Crippen LogP contribution is 2.33. The van der Waals surface area contributed by atoms with Crippen LogP contribution >= 0.6 is 11.6 Å². The second-order valence-corrected chi connectivity index (χ2v) is 8.65. The number of anilines is 1. The van der Waals surface area contributed by atoms with Gasteiger partial charge in [0.2, 0.25) is 0 Å². The molecule has 0 aliphatic carbocycles. The van der Waals surface area contributed by atoms with Gasteiger partial charge in [-0.3, -0.25) is 4.79 Å². The first kappa shape index (κ1) is 25.8. The van der Waals surface area contributed by atoms with E-state index in [9.17, 15) is 19.8 Å². The van der Waals surface area contributed by atoms with Crippen LogP contribution in [0.1, 0.15) is 46.8 Å². The van der Waals surface area contributed by atoms with Gasteiger partial charge >= 0.3 is 5.97 Å². The zero-order valence-corrected chi connectivity index (χ0v) is 20.5. The third-order valence-corrected chi connectivity index (χ3v) is 5.88. The smallest absolute Gasteiger partial charge is 0.326 e. The van der Waals surface area contributed by atoms with Crippen LogP contribution in [0.4, 0.5) is 5.69 Å². The molecule has 35 heavy (non-hydrogen) atoms. The topological polar surface area (TPSA) is 98.7 Å². The van der Waals surface area contributed by atoms with Crippen LogP contribution in [0.25, 0.3) is 5.70 Å². The number of aliphatic carboxylic acids is 1. The number of benzene rings is 3.